The van der Waals surface area contributed by atoms with Crippen LogP contribution in [-0.2, 0) is 0 Å². The Morgan fingerprint density at radius 1 is 1.03 bits per heavy atom. The molecule has 0 saturated carbocycles. The van der Waals surface area contributed by atoms with Crippen molar-refractivity contribution in [2.24, 2.45) is 0 Å². The van der Waals surface area contributed by atoms with Gasteiger partial charge in [-0.1, -0.05) is 59.6 Å². The maximum atomic E-state index is 13.2. The van der Waals surface area contributed by atoms with Crippen molar-refractivity contribution in [2.45, 2.75) is 6.92 Å². The van der Waals surface area contributed by atoms with Gasteiger partial charge < -0.3 is 0 Å². The van der Waals surface area contributed by atoms with Crippen LogP contribution in [0.3, 0.4) is 0 Å². The minimum Gasteiger partial charge on any atom is -0.287 e. The summed E-state index contributed by atoms with van der Waals surface area (Å²) in [4.78, 5) is 37.2. The number of carbonyl (C=O) groups excluding carboxylic acids is 1. The first kappa shape index (κ1) is 19.5. The van der Waals surface area contributed by atoms with E-state index in [9.17, 15) is 19.7 Å². The van der Waals surface area contributed by atoms with Crippen LogP contribution >= 0.6 is 11.6 Å². The van der Waals surface area contributed by atoms with E-state index in [-0.39, 0.29) is 27.5 Å². The van der Waals surface area contributed by atoms with E-state index in [1.54, 1.807) is 48.5 Å². The molecule has 0 saturated heterocycles. The van der Waals surface area contributed by atoms with E-state index in [1.807, 2.05) is 6.92 Å². The van der Waals surface area contributed by atoms with Gasteiger partial charge in [0.25, 0.3) is 11.2 Å². The monoisotopic (exact) mass is 419 g/mol. The fourth-order valence-corrected chi connectivity index (χ4v) is 3.35. The average Bonchev–Trinajstić information content (AvgIpc) is 2.74. The molecule has 8 heteroatoms. The lowest BCUT2D eigenvalue weighted by Crippen LogP contribution is -2.25. The molecule has 4 rings (SSSR count). The zero-order valence-electron chi connectivity index (χ0n) is 15.7. The second-order valence-electron chi connectivity index (χ2n) is 6.70. The molecule has 0 amide bonds. The van der Waals surface area contributed by atoms with E-state index in [0.29, 0.717) is 10.9 Å². The van der Waals surface area contributed by atoms with Crippen molar-refractivity contribution in [3.8, 4) is 5.69 Å². The molecule has 0 aliphatic heterocycles. The van der Waals surface area contributed by atoms with Gasteiger partial charge in [-0.2, -0.15) is 9.78 Å². The van der Waals surface area contributed by atoms with Crippen LogP contribution < -0.4 is 5.56 Å². The number of halogens is 1. The summed E-state index contributed by atoms with van der Waals surface area (Å²) in [5.41, 5.74) is 0.354. The number of carbonyl (C=O) groups is 1. The maximum Gasteiger partial charge on any atom is 0.295 e. The summed E-state index contributed by atoms with van der Waals surface area (Å²) in [5.74, 6) is -0.398. The van der Waals surface area contributed by atoms with Crippen molar-refractivity contribution < 1.29 is 9.72 Å². The Kier molecular flexibility index (Phi) is 4.89. The van der Waals surface area contributed by atoms with Crippen LogP contribution in [0.4, 0.5) is 5.69 Å². The molecule has 30 heavy (non-hydrogen) atoms. The predicted molar refractivity (Wildman–Crippen MR) is 114 cm³/mol. The highest BCUT2D eigenvalue weighted by molar-refractivity contribution is 6.30. The van der Waals surface area contributed by atoms with Gasteiger partial charge in [0.1, 0.15) is 11.4 Å². The summed E-state index contributed by atoms with van der Waals surface area (Å²) in [6.45, 7) is 1.90. The number of aromatic nitrogens is 2. The van der Waals surface area contributed by atoms with Crippen LogP contribution in [0, 0.1) is 17.0 Å². The third-order valence-corrected chi connectivity index (χ3v) is 4.93. The van der Waals surface area contributed by atoms with Gasteiger partial charge in [0.2, 0.25) is 5.78 Å². The quantitative estimate of drug-likeness (QED) is 0.276. The number of nitro benzene ring substituents is 1. The molecular weight excluding hydrogens is 406 g/mol. The number of hydrogen-bond donors (Lipinski definition) is 0. The van der Waals surface area contributed by atoms with E-state index < -0.39 is 16.3 Å². The smallest absolute Gasteiger partial charge is 0.287 e. The molecule has 0 bridgehead atoms. The topological polar surface area (TPSA) is 95.1 Å². The Hall–Kier alpha value is -3.84. The number of aryl methyl sites for hydroxylation is 1. The van der Waals surface area contributed by atoms with Crippen molar-refractivity contribution in [1.29, 1.82) is 0 Å². The Labute approximate surface area is 175 Å². The van der Waals surface area contributed by atoms with Gasteiger partial charge in [-0.25, -0.2) is 0 Å². The van der Waals surface area contributed by atoms with Crippen molar-refractivity contribution in [3.63, 3.8) is 0 Å². The highest BCUT2D eigenvalue weighted by atomic mass is 35.5. The fourth-order valence-electron chi connectivity index (χ4n) is 3.18. The van der Waals surface area contributed by atoms with Gasteiger partial charge in [0.05, 0.1) is 10.3 Å². The number of ketones is 1. The summed E-state index contributed by atoms with van der Waals surface area (Å²) in [7, 11) is 0. The lowest BCUT2D eigenvalue weighted by molar-refractivity contribution is -0.384. The van der Waals surface area contributed by atoms with Crippen LogP contribution in [0.15, 0.2) is 71.5 Å². The van der Waals surface area contributed by atoms with E-state index in [4.69, 9.17) is 11.6 Å². The summed E-state index contributed by atoms with van der Waals surface area (Å²) < 4.78 is 0.869. The van der Waals surface area contributed by atoms with E-state index in [2.05, 4.69) is 5.10 Å². The van der Waals surface area contributed by atoms with Crippen molar-refractivity contribution in [1.82, 2.24) is 9.78 Å². The molecule has 3 aromatic carbocycles. The number of fused-ring (bicyclic) bond motifs is 1. The van der Waals surface area contributed by atoms with E-state index in [0.717, 1.165) is 10.2 Å². The first-order valence-electron chi connectivity index (χ1n) is 8.94. The zero-order chi connectivity index (χ0) is 21.4. The number of nitrogens with zero attached hydrogens (tertiary/aromatic N) is 3. The Bertz CT molecular complexity index is 1380. The van der Waals surface area contributed by atoms with Gasteiger partial charge in [0, 0.05) is 22.0 Å². The van der Waals surface area contributed by atoms with Gasteiger partial charge in [-0.3, -0.25) is 19.7 Å². The molecule has 0 unspecified atom stereocenters. The van der Waals surface area contributed by atoms with Crippen molar-refractivity contribution in [3.05, 3.63) is 109 Å². The minimum atomic E-state index is -0.629. The molecule has 0 N–H and O–H groups in total. The molecule has 0 radical (unpaired) electrons. The molecular formula is C22H14ClN3O4. The molecule has 0 fully saturated rings. The average molecular weight is 420 g/mol. The highest BCUT2D eigenvalue weighted by Gasteiger charge is 2.23. The van der Waals surface area contributed by atoms with E-state index in [1.165, 1.54) is 18.2 Å². The van der Waals surface area contributed by atoms with E-state index >= 15 is 0 Å². The van der Waals surface area contributed by atoms with Gasteiger partial charge in [0.15, 0.2) is 0 Å². The molecule has 0 atom stereocenters. The number of benzene rings is 3. The first-order chi connectivity index (χ1) is 14.4. The lowest BCUT2D eigenvalue weighted by atomic mass is 10.0. The van der Waals surface area contributed by atoms with Crippen molar-refractivity contribution in [2.75, 3.05) is 0 Å². The minimum absolute atomic E-state index is 0.0170. The van der Waals surface area contributed by atoms with Crippen LogP contribution in [0.25, 0.3) is 16.5 Å². The first-order valence-corrected chi connectivity index (χ1v) is 9.32. The third-order valence-electron chi connectivity index (χ3n) is 4.70. The van der Waals surface area contributed by atoms with Crippen LogP contribution in [-0.4, -0.2) is 20.5 Å². The number of rotatable bonds is 4. The Balaban J connectivity index is 2.05. The predicted octanol–water partition coefficient (Wildman–Crippen LogP) is 4.49. The maximum absolute atomic E-state index is 13.2. The summed E-state index contributed by atoms with van der Waals surface area (Å²) in [6, 6.07) is 17.3. The van der Waals surface area contributed by atoms with Crippen LogP contribution in [0.1, 0.15) is 21.6 Å². The fraction of sp³-hybridized carbons (Fsp3) is 0.0455. The summed E-state index contributed by atoms with van der Waals surface area (Å²) in [6.07, 6.45) is 0. The van der Waals surface area contributed by atoms with Crippen LogP contribution in [0.5, 0.6) is 0 Å². The molecule has 1 heterocycles. The normalized spacial score (nSPS) is 10.9. The number of hydrogen-bond acceptors (Lipinski definition) is 5. The van der Waals surface area contributed by atoms with Gasteiger partial charge in [-0.15, -0.1) is 0 Å². The third kappa shape index (κ3) is 3.35. The summed E-state index contributed by atoms with van der Waals surface area (Å²) >= 11 is 6.02. The molecule has 7 nitrogen and oxygen atoms in total. The lowest BCUT2D eigenvalue weighted by Gasteiger charge is -2.11. The van der Waals surface area contributed by atoms with Crippen LogP contribution in [0.2, 0.25) is 5.02 Å². The Morgan fingerprint density at radius 2 is 1.70 bits per heavy atom. The molecule has 4 aromatic rings. The standard InChI is InChI=1S/C22H14ClN3O4/c1-13-6-8-14(9-7-13)21(27)20-16-4-2-3-5-17(16)22(28)25(24-20)19-12-15(23)10-11-18(19)26(29)30/h2-12H,1H3. The number of nitro groups is 1. The molecule has 148 valence electrons. The second kappa shape index (κ2) is 7.53. The molecule has 0 aliphatic carbocycles. The SMILES string of the molecule is Cc1ccc(C(=O)c2nn(-c3cc(Cl)ccc3[N+](=O)[O-])c(=O)c3ccccc23)cc1. The highest BCUT2D eigenvalue weighted by Crippen LogP contribution is 2.26. The van der Waals surface area contributed by atoms with Gasteiger partial charge >= 0.3 is 0 Å². The largest absolute Gasteiger partial charge is 0.295 e. The zero-order valence-corrected chi connectivity index (χ0v) is 16.5. The second-order valence-corrected chi connectivity index (χ2v) is 7.13. The Morgan fingerprint density at radius 3 is 2.37 bits per heavy atom. The summed E-state index contributed by atoms with van der Waals surface area (Å²) in [5, 5.41) is 16.5. The molecule has 1 aromatic heterocycles. The van der Waals surface area contributed by atoms with Gasteiger partial charge in [-0.05, 0) is 25.1 Å². The molecule has 0 spiro atoms. The van der Waals surface area contributed by atoms with Crippen molar-refractivity contribution >= 4 is 33.8 Å². The molecule has 0 aliphatic rings.